The fourth-order valence-electron chi connectivity index (χ4n) is 4.70. The minimum absolute atomic E-state index is 0.0384. The van der Waals surface area contributed by atoms with E-state index in [1.165, 1.54) is 12.0 Å². The van der Waals surface area contributed by atoms with Gasteiger partial charge in [0, 0.05) is 51.0 Å². The van der Waals surface area contributed by atoms with Crippen molar-refractivity contribution in [1.29, 1.82) is 0 Å². The van der Waals surface area contributed by atoms with Gasteiger partial charge in [-0.05, 0) is 45.4 Å². The Morgan fingerprint density at radius 3 is 2.46 bits per heavy atom. The number of amides is 4. The monoisotopic (exact) mass is 517 g/mol. The van der Waals surface area contributed by atoms with Crippen molar-refractivity contribution in [2.75, 3.05) is 54.1 Å². The average molecular weight is 518 g/mol. The van der Waals surface area contributed by atoms with Gasteiger partial charge in [-0.1, -0.05) is 6.07 Å². The molecule has 2 N–H and O–H groups in total. The van der Waals surface area contributed by atoms with Gasteiger partial charge in [0.1, 0.15) is 0 Å². The highest BCUT2D eigenvalue weighted by Gasteiger charge is 2.38. The Kier molecular flexibility index (Phi) is 9.25. The number of nitrogens with zero attached hydrogens (tertiary/aromatic N) is 3. The van der Waals surface area contributed by atoms with Gasteiger partial charge in [0.05, 0.1) is 32.4 Å². The van der Waals surface area contributed by atoms with Crippen molar-refractivity contribution >= 4 is 18.0 Å². The molecule has 4 amide bonds. The molecule has 204 valence electrons. The Bertz CT molecular complexity index is 1040. The molecular weight excluding hydrogens is 478 g/mol. The Labute approximate surface area is 218 Å². The third-order valence-corrected chi connectivity index (χ3v) is 6.57. The number of carbonyl (C=O) groups is 3. The van der Waals surface area contributed by atoms with E-state index in [9.17, 15) is 14.4 Å². The fourth-order valence-corrected chi connectivity index (χ4v) is 4.70. The highest BCUT2D eigenvalue weighted by molar-refractivity contribution is 5.95. The lowest BCUT2D eigenvalue weighted by molar-refractivity contribution is -0.139. The first-order valence-corrected chi connectivity index (χ1v) is 12.6. The number of esters is 1. The second kappa shape index (κ2) is 12.2. The molecule has 3 rings (SSSR count). The van der Waals surface area contributed by atoms with E-state index in [0.29, 0.717) is 54.5 Å². The van der Waals surface area contributed by atoms with Crippen molar-refractivity contribution in [2.45, 2.75) is 45.8 Å². The minimum atomic E-state index is -0.729. The van der Waals surface area contributed by atoms with Gasteiger partial charge in [0.15, 0.2) is 11.5 Å². The molecule has 2 atom stereocenters. The van der Waals surface area contributed by atoms with Crippen LogP contribution in [0.25, 0.3) is 0 Å². The molecule has 1 saturated heterocycles. The van der Waals surface area contributed by atoms with Gasteiger partial charge in [-0.3, -0.25) is 9.80 Å². The predicted octanol–water partition coefficient (Wildman–Crippen LogP) is 2.34. The largest absolute Gasteiger partial charge is 0.493 e. The summed E-state index contributed by atoms with van der Waals surface area (Å²) >= 11 is 0. The number of ether oxygens (including phenoxy) is 3. The van der Waals surface area contributed by atoms with Gasteiger partial charge in [0.2, 0.25) is 0 Å². The maximum Gasteiger partial charge on any atom is 0.338 e. The SMILES string of the molecule is CCOC(=O)C1=C(CN2CCN(C(=O)NC(C)C)[C@H](C)C2)N(C)C(=O)N[C@H]1c1ccc(OC)c(OC)c1. The normalized spacial score (nSPS) is 20.6. The van der Waals surface area contributed by atoms with E-state index in [1.54, 1.807) is 39.3 Å². The van der Waals surface area contributed by atoms with Crippen LogP contribution in [0.4, 0.5) is 9.59 Å². The van der Waals surface area contributed by atoms with Crippen LogP contribution >= 0.6 is 0 Å². The molecule has 11 heteroatoms. The number of hydrogen-bond donors (Lipinski definition) is 2. The quantitative estimate of drug-likeness (QED) is 0.509. The zero-order chi connectivity index (χ0) is 27.3. The molecule has 0 spiro atoms. The Morgan fingerprint density at radius 1 is 1.16 bits per heavy atom. The second-order valence-corrected chi connectivity index (χ2v) is 9.52. The van der Waals surface area contributed by atoms with Crippen LogP contribution in [0.1, 0.15) is 39.3 Å². The van der Waals surface area contributed by atoms with Crippen molar-refractivity contribution < 1.29 is 28.6 Å². The number of likely N-dealkylation sites (N-methyl/N-ethyl adjacent to an activating group) is 1. The molecule has 0 radical (unpaired) electrons. The van der Waals surface area contributed by atoms with Gasteiger partial charge >= 0.3 is 18.0 Å². The summed E-state index contributed by atoms with van der Waals surface area (Å²) < 4.78 is 16.2. The molecule has 1 aromatic carbocycles. The molecule has 37 heavy (non-hydrogen) atoms. The molecule has 1 fully saturated rings. The summed E-state index contributed by atoms with van der Waals surface area (Å²) in [6, 6.07) is 4.16. The van der Waals surface area contributed by atoms with Crippen molar-refractivity contribution in [3.05, 3.63) is 35.0 Å². The van der Waals surface area contributed by atoms with Crippen molar-refractivity contribution in [1.82, 2.24) is 25.3 Å². The first-order valence-electron chi connectivity index (χ1n) is 12.6. The van der Waals surface area contributed by atoms with Crippen molar-refractivity contribution in [3.8, 4) is 11.5 Å². The third kappa shape index (κ3) is 6.27. The molecule has 2 heterocycles. The van der Waals surface area contributed by atoms with Crippen molar-refractivity contribution in [3.63, 3.8) is 0 Å². The van der Waals surface area contributed by atoms with E-state index in [-0.39, 0.29) is 30.8 Å². The third-order valence-electron chi connectivity index (χ3n) is 6.57. The Morgan fingerprint density at radius 2 is 1.86 bits per heavy atom. The molecule has 0 saturated carbocycles. The van der Waals surface area contributed by atoms with Crippen LogP contribution in [-0.2, 0) is 9.53 Å². The summed E-state index contributed by atoms with van der Waals surface area (Å²) in [5, 5.41) is 5.88. The van der Waals surface area contributed by atoms with Crippen LogP contribution in [-0.4, -0.2) is 98.9 Å². The Balaban J connectivity index is 1.95. The highest BCUT2D eigenvalue weighted by Crippen LogP contribution is 2.36. The van der Waals surface area contributed by atoms with Crippen molar-refractivity contribution in [2.24, 2.45) is 0 Å². The van der Waals surface area contributed by atoms with E-state index in [2.05, 4.69) is 15.5 Å². The van der Waals surface area contributed by atoms with Gasteiger partial charge < -0.3 is 29.7 Å². The van der Waals surface area contributed by atoms with Gasteiger partial charge in [-0.2, -0.15) is 0 Å². The molecule has 2 aliphatic rings. The van der Waals surface area contributed by atoms with Gasteiger partial charge in [-0.25, -0.2) is 14.4 Å². The van der Waals surface area contributed by atoms with Crippen LogP contribution in [0, 0.1) is 0 Å². The van der Waals surface area contributed by atoms with Crippen LogP contribution in [0.3, 0.4) is 0 Å². The molecule has 0 aromatic heterocycles. The number of methoxy groups -OCH3 is 2. The zero-order valence-corrected chi connectivity index (χ0v) is 22.8. The summed E-state index contributed by atoms with van der Waals surface area (Å²) in [4.78, 5) is 44.3. The smallest absolute Gasteiger partial charge is 0.338 e. The molecular formula is C26H39N5O6. The van der Waals surface area contributed by atoms with Crippen LogP contribution in [0.5, 0.6) is 11.5 Å². The fraction of sp³-hybridized carbons (Fsp3) is 0.577. The molecule has 0 unspecified atom stereocenters. The number of carbonyl (C=O) groups excluding carboxylic acids is 3. The highest BCUT2D eigenvalue weighted by atomic mass is 16.5. The molecule has 0 bridgehead atoms. The first kappa shape index (κ1) is 28.1. The van der Waals surface area contributed by atoms with E-state index in [4.69, 9.17) is 14.2 Å². The van der Waals surface area contributed by atoms with Crippen LogP contribution < -0.4 is 20.1 Å². The van der Waals surface area contributed by atoms with Gasteiger partial charge in [-0.15, -0.1) is 0 Å². The predicted molar refractivity (Wildman–Crippen MR) is 139 cm³/mol. The topological polar surface area (TPSA) is 113 Å². The summed E-state index contributed by atoms with van der Waals surface area (Å²) in [6.07, 6.45) is 0. The summed E-state index contributed by atoms with van der Waals surface area (Å²) in [7, 11) is 4.72. The summed E-state index contributed by atoms with van der Waals surface area (Å²) in [5.41, 5.74) is 1.60. The number of nitrogens with one attached hydrogen (secondary N) is 2. The van der Waals surface area contributed by atoms with E-state index in [0.717, 1.165) is 0 Å². The van der Waals surface area contributed by atoms with Crippen LogP contribution in [0.15, 0.2) is 29.5 Å². The van der Waals surface area contributed by atoms with E-state index < -0.39 is 12.0 Å². The number of benzene rings is 1. The maximum atomic E-state index is 13.3. The molecule has 0 aliphatic carbocycles. The summed E-state index contributed by atoms with van der Waals surface area (Å²) in [6.45, 7) is 9.90. The second-order valence-electron chi connectivity index (χ2n) is 9.52. The summed E-state index contributed by atoms with van der Waals surface area (Å²) in [5.74, 6) is 0.537. The lowest BCUT2D eigenvalue weighted by atomic mass is 9.93. The number of piperazine rings is 1. The van der Waals surface area contributed by atoms with Crippen LogP contribution in [0.2, 0.25) is 0 Å². The van der Waals surface area contributed by atoms with E-state index >= 15 is 0 Å². The number of hydrogen-bond acceptors (Lipinski definition) is 7. The standard InChI is InChI=1S/C26H39N5O6/c1-8-37-24(32)22-19(15-30-11-12-31(17(4)14-30)26(34)27-16(2)3)29(5)25(33)28-23(22)18-9-10-20(35-6)21(13-18)36-7/h9-10,13,16-17,23H,8,11-12,14-15H2,1-7H3,(H,27,34)(H,28,33)/t17-,23+/m1/s1. The number of urea groups is 2. The lowest BCUT2D eigenvalue weighted by Crippen LogP contribution is -2.58. The number of rotatable bonds is 8. The Hall–Kier alpha value is -3.47. The lowest BCUT2D eigenvalue weighted by Gasteiger charge is -2.42. The molecule has 2 aliphatic heterocycles. The molecule has 1 aromatic rings. The first-order chi connectivity index (χ1) is 17.6. The average Bonchev–Trinajstić information content (AvgIpc) is 2.85. The maximum absolute atomic E-state index is 13.3. The zero-order valence-electron chi connectivity index (χ0n) is 22.8. The minimum Gasteiger partial charge on any atom is -0.493 e. The molecule has 11 nitrogen and oxygen atoms in total. The van der Waals surface area contributed by atoms with E-state index in [1.807, 2.05) is 25.7 Å². The van der Waals surface area contributed by atoms with Gasteiger partial charge in [0.25, 0.3) is 0 Å².